The van der Waals surface area contributed by atoms with E-state index in [-0.39, 0.29) is 5.91 Å². The molecule has 0 saturated heterocycles. The van der Waals surface area contributed by atoms with Crippen LogP contribution in [-0.4, -0.2) is 35.9 Å². The van der Waals surface area contributed by atoms with Crippen molar-refractivity contribution in [1.29, 1.82) is 0 Å². The van der Waals surface area contributed by atoms with E-state index >= 15 is 0 Å². The van der Waals surface area contributed by atoms with Gasteiger partial charge in [-0.3, -0.25) is 4.79 Å². The van der Waals surface area contributed by atoms with E-state index in [0.717, 1.165) is 16.3 Å². The Morgan fingerprint density at radius 1 is 1.07 bits per heavy atom. The summed E-state index contributed by atoms with van der Waals surface area (Å²) in [6.45, 7) is 1.25. The van der Waals surface area contributed by atoms with Crippen LogP contribution in [0.5, 0.6) is 11.5 Å². The van der Waals surface area contributed by atoms with Crippen LogP contribution < -0.4 is 14.9 Å². The first kappa shape index (κ1) is 19.9. The molecule has 0 spiro atoms. The second kappa shape index (κ2) is 9.36. The fourth-order valence-corrected chi connectivity index (χ4v) is 2.60. The fraction of sp³-hybridized carbons (Fsp3) is 0.136. The number of carbonyl (C=O) groups is 2. The molecule has 2 N–H and O–H groups in total. The summed E-state index contributed by atoms with van der Waals surface area (Å²) in [6.07, 6.45) is 0.744. The summed E-state index contributed by atoms with van der Waals surface area (Å²) in [7, 11) is 0. The van der Waals surface area contributed by atoms with Crippen LogP contribution >= 0.6 is 0 Å². The summed E-state index contributed by atoms with van der Waals surface area (Å²) in [5.74, 6) is -0.355. The van der Waals surface area contributed by atoms with E-state index in [2.05, 4.69) is 10.5 Å². The molecule has 0 aliphatic carbocycles. The van der Waals surface area contributed by atoms with E-state index in [1.54, 1.807) is 31.2 Å². The van der Waals surface area contributed by atoms with Gasteiger partial charge in [0.05, 0.1) is 6.21 Å². The van der Waals surface area contributed by atoms with E-state index in [0.29, 0.717) is 11.5 Å². The number of amides is 1. The molecule has 3 aromatic rings. The van der Waals surface area contributed by atoms with E-state index < -0.39 is 18.7 Å². The van der Waals surface area contributed by atoms with Crippen LogP contribution in [0.3, 0.4) is 0 Å². The van der Waals surface area contributed by atoms with Crippen molar-refractivity contribution >= 4 is 28.9 Å². The Hall–Kier alpha value is -3.87. The normalized spacial score (nSPS) is 11.9. The lowest BCUT2D eigenvalue weighted by Crippen LogP contribution is -2.33. The minimum Gasteiger partial charge on any atom is -0.482 e. The van der Waals surface area contributed by atoms with Crippen molar-refractivity contribution in [2.75, 3.05) is 6.61 Å². The number of fused-ring (bicyclic) bond motifs is 1. The number of nitrogens with zero attached hydrogens (tertiary/aromatic N) is 1. The maximum Gasteiger partial charge on any atom is 0.341 e. The highest BCUT2D eigenvalue weighted by Crippen LogP contribution is 2.26. The minimum absolute atomic E-state index is 0.379. The monoisotopic (exact) mass is 392 g/mol. The summed E-state index contributed by atoms with van der Waals surface area (Å²) in [4.78, 5) is 22.7. The standard InChI is InChI=1S/C22H20N2O5/c1-15(29-20-8-4-6-17-5-2-3-7-19(17)20)22(27)24-23-13-16-9-11-18(12-10-16)28-14-21(25)26/h2-13,15H,14H2,1H3,(H,24,27)(H,25,26). The Balaban J connectivity index is 1.55. The largest absolute Gasteiger partial charge is 0.482 e. The van der Waals surface area contributed by atoms with Crippen LogP contribution in [0, 0.1) is 0 Å². The van der Waals surface area contributed by atoms with Crippen molar-refractivity contribution in [3.8, 4) is 11.5 Å². The number of benzene rings is 3. The smallest absolute Gasteiger partial charge is 0.341 e. The molecule has 3 rings (SSSR count). The summed E-state index contributed by atoms with van der Waals surface area (Å²) < 4.78 is 10.9. The van der Waals surface area contributed by atoms with Gasteiger partial charge in [-0.15, -0.1) is 0 Å². The molecule has 1 atom stereocenters. The molecule has 7 heteroatoms. The van der Waals surface area contributed by atoms with E-state index in [4.69, 9.17) is 14.6 Å². The zero-order chi connectivity index (χ0) is 20.6. The lowest BCUT2D eigenvalue weighted by Gasteiger charge is -2.14. The molecule has 0 aliphatic rings. The number of hydrogen-bond donors (Lipinski definition) is 2. The number of nitrogens with one attached hydrogen (secondary N) is 1. The van der Waals surface area contributed by atoms with Gasteiger partial charge in [0.25, 0.3) is 5.91 Å². The molecule has 29 heavy (non-hydrogen) atoms. The highest BCUT2D eigenvalue weighted by molar-refractivity contribution is 5.89. The molecule has 1 unspecified atom stereocenters. The van der Waals surface area contributed by atoms with Crippen molar-refractivity contribution in [2.45, 2.75) is 13.0 Å². The van der Waals surface area contributed by atoms with Gasteiger partial charge in [-0.05, 0) is 48.2 Å². The van der Waals surface area contributed by atoms with Gasteiger partial charge in [-0.2, -0.15) is 5.10 Å². The lowest BCUT2D eigenvalue weighted by atomic mass is 10.1. The third kappa shape index (κ3) is 5.55. The van der Waals surface area contributed by atoms with Crippen LogP contribution in [-0.2, 0) is 9.59 Å². The lowest BCUT2D eigenvalue weighted by molar-refractivity contribution is -0.139. The molecule has 0 heterocycles. The molecule has 0 saturated carbocycles. The van der Waals surface area contributed by atoms with Crippen molar-refractivity contribution in [3.63, 3.8) is 0 Å². The molecular weight excluding hydrogens is 372 g/mol. The molecule has 0 bridgehead atoms. The van der Waals surface area contributed by atoms with Crippen molar-refractivity contribution in [3.05, 3.63) is 72.3 Å². The first-order valence-electron chi connectivity index (χ1n) is 8.95. The highest BCUT2D eigenvalue weighted by Gasteiger charge is 2.15. The topological polar surface area (TPSA) is 97.2 Å². The Kier molecular flexibility index (Phi) is 6.42. The maximum absolute atomic E-state index is 12.3. The average molecular weight is 392 g/mol. The van der Waals surface area contributed by atoms with E-state index in [1.165, 1.54) is 6.21 Å². The minimum atomic E-state index is -1.04. The van der Waals surface area contributed by atoms with Gasteiger partial charge >= 0.3 is 5.97 Å². The zero-order valence-corrected chi connectivity index (χ0v) is 15.7. The van der Waals surface area contributed by atoms with Gasteiger partial charge < -0.3 is 14.6 Å². The quantitative estimate of drug-likeness (QED) is 0.453. The predicted molar refractivity (Wildman–Crippen MR) is 109 cm³/mol. The predicted octanol–water partition coefficient (Wildman–Crippen LogP) is 3.22. The number of rotatable bonds is 8. The van der Waals surface area contributed by atoms with Gasteiger partial charge in [0.1, 0.15) is 11.5 Å². The molecule has 0 aromatic heterocycles. The SMILES string of the molecule is CC(Oc1cccc2ccccc12)C(=O)NN=Cc1ccc(OCC(=O)O)cc1. The second-order valence-electron chi connectivity index (χ2n) is 6.22. The first-order valence-corrected chi connectivity index (χ1v) is 8.95. The summed E-state index contributed by atoms with van der Waals surface area (Å²) >= 11 is 0. The Bertz CT molecular complexity index is 1030. The molecule has 7 nitrogen and oxygen atoms in total. The van der Waals surface area contributed by atoms with Gasteiger partial charge in [0, 0.05) is 5.39 Å². The van der Waals surface area contributed by atoms with Crippen molar-refractivity contribution in [2.24, 2.45) is 5.10 Å². The number of carbonyl (C=O) groups excluding carboxylic acids is 1. The van der Waals surface area contributed by atoms with Crippen LogP contribution in [0.15, 0.2) is 71.8 Å². The van der Waals surface area contributed by atoms with E-state index in [1.807, 2.05) is 42.5 Å². The Morgan fingerprint density at radius 3 is 2.55 bits per heavy atom. The van der Waals surface area contributed by atoms with Crippen molar-refractivity contribution in [1.82, 2.24) is 5.43 Å². The number of aliphatic carboxylic acids is 1. The number of ether oxygens (including phenoxy) is 2. The number of carboxylic acid groups (broad SMARTS) is 1. The zero-order valence-electron chi connectivity index (χ0n) is 15.7. The number of hydrogen-bond acceptors (Lipinski definition) is 5. The molecule has 3 aromatic carbocycles. The maximum atomic E-state index is 12.3. The molecule has 148 valence electrons. The summed E-state index contributed by atoms with van der Waals surface area (Å²) in [5, 5.41) is 14.5. The second-order valence-corrected chi connectivity index (χ2v) is 6.22. The van der Waals surface area contributed by atoms with Crippen LogP contribution in [0.1, 0.15) is 12.5 Å². The molecule has 0 aliphatic heterocycles. The summed E-state index contributed by atoms with van der Waals surface area (Å²) in [6, 6.07) is 20.1. The average Bonchev–Trinajstić information content (AvgIpc) is 2.73. The fourth-order valence-electron chi connectivity index (χ4n) is 2.60. The van der Waals surface area contributed by atoms with Gasteiger partial charge in [-0.1, -0.05) is 36.4 Å². The van der Waals surface area contributed by atoms with Gasteiger partial charge in [-0.25, -0.2) is 10.2 Å². The third-order valence-electron chi connectivity index (χ3n) is 4.05. The number of carboxylic acids is 1. The van der Waals surface area contributed by atoms with Crippen LogP contribution in [0.2, 0.25) is 0 Å². The first-order chi connectivity index (χ1) is 14.0. The Morgan fingerprint density at radius 2 is 1.79 bits per heavy atom. The number of hydrazone groups is 1. The Labute approximate surface area is 167 Å². The molecule has 0 fully saturated rings. The molecule has 1 amide bonds. The van der Waals surface area contributed by atoms with Crippen molar-refractivity contribution < 1.29 is 24.2 Å². The summed E-state index contributed by atoms with van der Waals surface area (Å²) in [5.41, 5.74) is 3.17. The van der Waals surface area contributed by atoms with Gasteiger partial charge in [0.2, 0.25) is 0 Å². The molecular formula is C22H20N2O5. The van der Waals surface area contributed by atoms with Gasteiger partial charge in [0.15, 0.2) is 12.7 Å². The molecule has 0 radical (unpaired) electrons. The third-order valence-corrected chi connectivity index (χ3v) is 4.05. The van der Waals surface area contributed by atoms with Crippen LogP contribution in [0.25, 0.3) is 10.8 Å². The van der Waals surface area contributed by atoms with Crippen LogP contribution in [0.4, 0.5) is 0 Å². The van der Waals surface area contributed by atoms with E-state index in [9.17, 15) is 9.59 Å². The highest BCUT2D eigenvalue weighted by atomic mass is 16.5.